The minimum absolute atomic E-state index is 0.332. The van der Waals surface area contributed by atoms with E-state index in [2.05, 4.69) is 18.2 Å². The van der Waals surface area contributed by atoms with Crippen LogP contribution in [0.1, 0.15) is 26.2 Å². The molecule has 2 nitrogen and oxygen atoms in total. The molecule has 2 atom stereocenters. The van der Waals surface area contributed by atoms with Gasteiger partial charge in [0.1, 0.15) is 0 Å². The zero-order valence-corrected chi connectivity index (χ0v) is 8.26. The number of ether oxygens (including phenoxy) is 1. The van der Waals surface area contributed by atoms with Crippen molar-refractivity contribution in [1.82, 2.24) is 5.32 Å². The predicted octanol–water partition coefficient (Wildman–Crippen LogP) is 1.41. The van der Waals surface area contributed by atoms with E-state index >= 15 is 0 Å². The molecule has 0 heterocycles. The molecule has 0 rings (SSSR count). The summed E-state index contributed by atoms with van der Waals surface area (Å²) in [5.41, 5.74) is 0. The molecule has 1 N–H and O–H groups in total. The highest BCUT2D eigenvalue weighted by Gasteiger charge is 2.06. The molecule has 0 saturated carbocycles. The van der Waals surface area contributed by atoms with Crippen molar-refractivity contribution in [3.05, 3.63) is 0 Å². The molecule has 0 bridgehead atoms. The van der Waals surface area contributed by atoms with Gasteiger partial charge in [0.15, 0.2) is 0 Å². The topological polar surface area (TPSA) is 21.3 Å². The highest BCUT2D eigenvalue weighted by atomic mass is 16.5. The first kappa shape index (κ1) is 11.5. The largest absolute Gasteiger partial charge is 0.382 e. The number of terminal acetylenes is 1. The number of nitrogens with one attached hydrogen (secondary N) is 1. The van der Waals surface area contributed by atoms with E-state index in [0.29, 0.717) is 12.1 Å². The molecule has 0 aliphatic rings. The molecular weight excluding hydrogens is 150 g/mol. The summed E-state index contributed by atoms with van der Waals surface area (Å²) in [6.07, 6.45) is 8.49. The van der Waals surface area contributed by atoms with Crippen molar-refractivity contribution in [2.45, 2.75) is 38.3 Å². The maximum atomic E-state index is 5.22. The van der Waals surface area contributed by atoms with Crippen LogP contribution in [0, 0.1) is 12.3 Å². The van der Waals surface area contributed by atoms with Crippen LogP contribution < -0.4 is 5.32 Å². The molecule has 2 heteroatoms. The van der Waals surface area contributed by atoms with Gasteiger partial charge in [0, 0.05) is 19.6 Å². The predicted molar refractivity (Wildman–Crippen MR) is 52.0 cm³/mol. The molecule has 0 fully saturated rings. The lowest BCUT2D eigenvalue weighted by Gasteiger charge is -2.15. The van der Waals surface area contributed by atoms with Gasteiger partial charge < -0.3 is 10.1 Å². The molecule has 0 aliphatic carbocycles. The van der Waals surface area contributed by atoms with Crippen LogP contribution in [0.15, 0.2) is 0 Å². The van der Waals surface area contributed by atoms with Gasteiger partial charge in [-0.3, -0.25) is 0 Å². The molecule has 2 unspecified atom stereocenters. The van der Waals surface area contributed by atoms with Crippen molar-refractivity contribution in [2.75, 3.05) is 14.2 Å². The van der Waals surface area contributed by atoms with Crippen molar-refractivity contribution >= 4 is 0 Å². The standard InChI is InChI=1S/C10H19NO/c1-5-6-10(11-3)8-7-9(2)12-4/h1,9-11H,6-8H2,2-4H3. The van der Waals surface area contributed by atoms with Gasteiger partial charge in [0.25, 0.3) is 0 Å². The van der Waals surface area contributed by atoms with Crippen molar-refractivity contribution in [3.63, 3.8) is 0 Å². The summed E-state index contributed by atoms with van der Waals surface area (Å²) >= 11 is 0. The van der Waals surface area contributed by atoms with Crippen molar-refractivity contribution in [1.29, 1.82) is 0 Å². The number of hydrogen-bond acceptors (Lipinski definition) is 2. The minimum atomic E-state index is 0.332. The maximum Gasteiger partial charge on any atom is 0.0543 e. The summed E-state index contributed by atoms with van der Waals surface area (Å²) in [4.78, 5) is 0. The van der Waals surface area contributed by atoms with Crippen LogP contribution >= 0.6 is 0 Å². The average molecular weight is 169 g/mol. The highest BCUT2D eigenvalue weighted by Crippen LogP contribution is 2.05. The van der Waals surface area contributed by atoms with Crippen LogP contribution in [0.5, 0.6) is 0 Å². The second-order valence-corrected chi connectivity index (χ2v) is 3.02. The second-order valence-electron chi connectivity index (χ2n) is 3.02. The normalized spacial score (nSPS) is 15.2. The SMILES string of the molecule is C#CCC(CCC(C)OC)NC. The summed E-state index contributed by atoms with van der Waals surface area (Å²) < 4.78 is 5.14. The van der Waals surface area contributed by atoms with Crippen molar-refractivity contribution < 1.29 is 4.74 Å². The Morgan fingerprint density at radius 2 is 2.17 bits per heavy atom. The van der Waals surface area contributed by atoms with Gasteiger partial charge in [-0.1, -0.05) is 0 Å². The number of rotatable bonds is 6. The Morgan fingerprint density at radius 1 is 1.50 bits per heavy atom. The molecule has 0 aromatic carbocycles. The molecular formula is C10H19NO. The summed E-state index contributed by atoms with van der Waals surface area (Å²) in [7, 11) is 3.68. The quantitative estimate of drug-likeness (QED) is 0.607. The van der Waals surface area contributed by atoms with E-state index in [0.717, 1.165) is 19.3 Å². The molecule has 0 aromatic rings. The fourth-order valence-electron chi connectivity index (χ4n) is 1.04. The van der Waals surface area contributed by atoms with Gasteiger partial charge in [-0.25, -0.2) is 0 Å². The first-order chi connectivity index (χ1) is 5.74. The fraction of sp³-hybridized carbons (Fsp3) is 0.800. The average Bonchev–Trinajstić information content (AvgIpc) is 2.11. The molecule has 0 aromatic heterocycles. The third-order valence-electron chi connectivity index (χ3n) is 2.10. The lowest BCUT2D eigenvalue weighted by Crippen LogP contribution is -2.25. The molecule has 0 radical (unpaired) electrons. The Bertz CT molecular complexity index is 139. The third kappa shape index (κ3) is 5.17. The zero-order chi connectivity index (χ0) is 9.40. The van der Waals surface area contributed by atoms with Crippen LogP contribution in [-0.4, -0.2) is 26.3 Å². The number of hydrogen-bond donors (Lipinski definition) is 1. The number of methoxy groups -OCH3 is 1. The molecule has 0 spiro atoms. The van der Waals surface area contributed by atoms with Crippen LogP contribution in [0.3, 0.4) is 0 Å². The summed E-state index contributed by atoms with van der Waals surface area (Å²) in [6.45, 7) is 2.07. The summed E-state index contributed by atoms with van der Waals surface area (Å²) in [6, 6.07) is 0.438. The molecule has 12 heavy (non-hydrogen) atoms. The zero-order valence-electron chi connectivity index (χ0n) is 8.26. The Balaban J connectivity index is 3.51. The van der Waals surface area contributed by atoms with E-state index in [9.17, 15) is 0 Å². The maximum absolute atomic E-state index is 5.22. The summed E-state index contributed by atoms with van der Waals surface area (Å²) in [5, 5.41) is 3.18. The lowest BCUT2D eigenvalue weighted by molar-refractivity contribution is 0.106. The van der Waals surface area contributed by atoms with Crippen LogP contribution in [0.2, 0.25) is 0 Å². The minimum Gasteiger partial charge on any atom is -0.382 e. The van der Waals surface area contributed by atoms with Gasteiger partial charge >= 0.3 is 0 Å². The van der Waals surface area contributed by atoms with Gasteiger partial charge in [0.2, 0.25) is 0 Å². The van der Waals surface area contributed by atoms with E-state index in [-0.39, 0.29) is 0 Å². The Kier molecular flexibility index (Phi) is 6.84. The van der Waals surface area contributed by atoms with E-state index in [1.54, 1.807) is 7.11 Å². The Morgan fingerprint density at radius 3 is 2.58 bits per heavy atom. The van der Waals surface area contributed by atoms with Crippen LogP contribution in [0.4, 0.5) is 0 Å². The molecule has 0 amide bonds. The van der Waals surface area contributed by atoms with Gasteiger partial charge in [-0.05, 0) is 26.8 Å². The smallest absolute Gasteiger partial charge is 0.0543 e. The highest BCUT2D eigenvalue weighted by molar-refractivity contribution is 4.89. The van der Waals surface area contributed by atoms with E-state index in [1.165, 1.54) is 0 Å². The van der Waals surface area contributed by atoms with E-state index in [4.69, 9.17) is 11.2 Å². The molecule has 70 valence electrons. The van der Waals surface area contributed by atoms with Crippen LogP contribution in [0.25, 0.3) is 0 Å². The summed E-state index contributed by atoms with van der Waals surface area (Å²) in [5.74, 6) is 2.66. The monoisotopic (exact) mass is 169 g/mol. The van der Waals surface area contributed by atoms with Gasteiger partial charge in [-0.2, -0.15) is 0 Å². The molecule has 0 aliphatic heterocycles. The Labute approximate surface area is 75.7 Å². The van der Waals surface area contributed by atoms with E-state index < -0.39 is 0 Å². The van der Waals surface area contributed by atoms with Crippen molar-refractivity contribution in [3.8, 4) is 12.3 Å². The second kappa shape index (κ2) is 7.15. The Hall–Kier alpha value is -0.520. The van der Waals surface area contributed by atoms with Gasteiger partial charge in [-0.15, -0.1) is 12.3 Å². The van der Waals surface area contributed by atoms with E-state index in [1.807, 2.05) is 7.05 Å². The third-order valence-corrected chi connectivity index (χ3v) is 2.10. The first-order valence-electron chi connectivity index (χ1n) is 4.38. The van der Waals surface area contributed by atoms with Gasteiger partial charge in [0.05, 0.1) is 6.10 Å². The van der Waals surface area contributed by atoms with Crippen LogP contribution in [-0.2, 0) is 4.74 Å². The van der Waals surface area contributed by atoms with Crippen molar-refractivity contribution in [2.24, 2.45) is 0 Å². The lowest BCUT2D eigenvalue weighted by atomic mass is 10.1. The first-order valence-corrected chi connectivity index (χ1v) is 4.38. The fourth-order valence-corrected chi connectivity index (χ4v) is 1.04. The molecule has 0 saturated heterocycles.